The maximum absolute atomic E-state index is 12.7. The summed E-state index contributed by atoms with van der Waals surface area (Å²) >= 11 is 0. The molecule has 2 atom stereocenters. The van der Waals surface area contributed by atoms with Crippen LogP contribution in [0.4, 0.5) is 0 Å². The minimum atomic E-state index is -0.981. The molecule has 1 saturated heterocycles. The molecule has 2 aromatic heterocycles. The van der Waals surface area contributed by atoms with E-state index in [9.17, 15) is 29.7 Å². The molecule has 2 aromatic carbocycles. The number of rotatable bonds is 9. The van der Waals surface area contributed by atoms with Gasteiger partial charge in [-0.1, -0.05) is 18.2 Å². The highest BCUT2D eigenvalue weighted by Crippen LogP contribution is 2.25. The normalized spacial score (nSPS) is 15.8. The fourth-order valence-corrected chi connectivity index (χ4v) is 5.18. The Kier molecular flexibility index (Phi) is 8.29. The average Bonchev–Trinajstić information content (AvgIpc) is 3.36. The number of aliphatic hydroxyl groups is 3. The quantitative estimate of drug-likeness (QED) is 0.189. The number of benzene rings is 2. The van der Waals surface area contributed by atoms with Gasteiger partial charge in [-0.3, -0.25) is 14.4 Å². The van der Waals surface area contributed by atoms with Gasteiger partial charge in [0.1, 0.15) is 0 Å². The molecule has 0 unspecified atom stereocenters. The van der Waals surface area contributed by atoms with Crippen molar-refractivity contribution in [3.63, 3.8) is 0 Å². The molecule has 1 fully saturated rings. The van der Waals surface area contributed by atoms with E-state index in [1.807, 2.05) is 36.4 Å². The highest BCUT2D eigenvalue weighted by atomic mass is 16.3. The van der Waals surface area contributed by atoms with Gasteiger partial charge < -0.3 is 35.5 Å². The van der Waals surface area contributed by atoms with Crippen LogP contribution in [0.2, 0.25) is 0 Å². The summed E-state index contributed by atoms with van der Waals surface area (Å²) in [6, 6.07) is 16.4. The number of H-pyrrole nitrogens is 2. The number of likely N-dealkylation sites (tertiary alicyclic amines) is 1. The molecule has 4 aromatic rings. The van der Waals surface area contributed by atoms with Gasteiger partial charge in [0.2, 0.25) is 5.91 Å². The SMILES string of the molecule is O=C(NCC[C@@H](O)C[C@@H](O)CC(=O)N1CCC(O)CC1)c1ccc2[nH]c(-c3cc4ccccc4[nH]c3=O)cc2c1. The molecule has 0 aliphatic carbocycles. The van der Waals surface area contributed by atoms with Crippen LogP contribution in [-0.4, -0.2) is 79.9 Å². The molecule has 2 amide bonds. The van der Waals surface area contributed by atoms with E-state index < -0.39 is 12.2 Å². The minimum absolute atomic E-state index is 0.0318. The monoisotopic (exact) mass is 546 g/mol. The number of hydrogen-bond acceptors (Lipinski definition) is 6. The van der Waals surface area contributed by atoms with Gasteiger partial charge in [0, 0.05) is 41.6 Å². The van der Waals surface area contributed by atoms with Crippen molar-refractivity contribution in [2.75, 3.05) is 19.6 Å². The van der Waals surface area contributed by atoms with Crippen molar-refractivity contribution in [1.82, 2.24) is 20.2 Å². The second-order valence-corrected chi connectivity index (χ2v) is 10.5. The lowest BCUT2D eigenvalue weighted by molar-refractivity contribution is -0.135. The number of carbonyl (C=O) groups is 2. The first-order valence-corrected chi connectivity index (χ1v) is 13.6. The highest BCUT2D eigenvalue weighted by Gasteiger charge is 2.24. The third kappa shape index (κ3) is 6.41. The van der Waals surface area contributed by atoms with Crippen molar-refractivity contribution in [2.45, 2.75) is 50.4 Å². The summed E-state index contributed by atoms with van der Waals surface area (Å²) in [5, 5.41) is 34.6. The van der Waals surface area contributed by atoms with Gasteiger partial charge in [-0.15, -0.1) is 0 Å². The fraction of sp³-hybridized carbons (Fsp3) is 0.367. The van der Waals surface area contributed by atoms with Crippen molar-refractivity contribution < 1.29 is 24.9 Å². The van der Waals surface area contributed by atoms with E-state index in [2.05, 4.69) is 15.3 Å². The lowest BCUT2D eigenvalue weighted by atomic mass is 10.0. The Balaban J connectivity index is 1.13. The number of pyridine rings is 1. The molecule has 210 valence electrons. The van der Waals surface area contributed by atoms with E-state index in [4.69, 9.17) is 0 Å². The summed E-state index contributed by atoms with van der Waals surface area (Å²) in [4.78, 5) is 45.5. The fourth-order valence-electron chi connectivity index (χ4n) is 5.18. The van der Waals surface area contributed by atoms with Gasteiger partial charge in [0.15, 0.2) is 0 Å². The van der Waals surface area contributed by atoms with Crippen molar-refractivity contribution >= 4 is 33.6 Å². The van der Waals surface area contributed by atoms with Gasteiger partial charge in [-0.05, 0) is 67.5 Å². The van der Waals surface area contributed by atoms with Crippen molar-refractivity contribution in [2.24, 2.45) is 0 Å². The van der Waals surface area contributed by atoms with E-state index in [-0.39, 0.29) is 49.3 Å². The summed E-state index contributed by atoms with van der Waals surface area (Å²) in [6.45, 7) is 1.14. The molecule has 0 radical (unpaired) electrons. The minimum Gasteiger partial charge on any atom is -0.393 e. The Labute approximate surface area is 230 Å². The second-order valence-electron chi connectivity index (χ2n) is 10.5. The molecule has 40 heavy (non-hydrogen) atoms. The Morgan fingerprint density at radius 3 is 2.50 bits per heavy atom. The van der Waals surface area contributed by atoms with Crippen molar-refractivity contribution in [3.05, 3.63) is 70.5 Å². The lowest BCUT2D eigenvalue weighted by Gasteiger charge is -2.30. The molecule has 5 rings (SSSR count). The molecule has 0 bridgehead atoms. The predicted molar refractivity (Wildman–Crippen MR) is 152 cm³/mol. The largest absolute Gasteiger partial charge is 0.393 e. The van der Waals surface area contributed by atoms with E-state index in [1.54, 1.807) is 23.1 Å². The first-order chi connectivity index (χ1) is 19.3. The van der Waals surface area contributed by atoms with Crippen molar-refractivity contribution in [3.8, 4) is 11.3 Å². The zero-order valence-corrected chi connectivity index (χ0v) is 22.1. The molecular formula is C30H34N4O6. The number of piperidine rings is 1. The highest BCUT2D eigenvalue weighted by molar-refractivity contribution is 5.99. The summed E-state index contributed by atoms with van der Waals surface area (Å²) in [5.41, 5.74) is 2.95. The maximum atomic E-state index is 12.7. The van der Waals surface area contributed by atoms with E-state index >= 15 is 0 Å². The summed E-state index contributed by atoms with van der Waals surface area (Å²) < 4.78 is 0. The van der Waals surface area contributed by atoms with Crippen LogP contribution < -0.4 is 10.9 Å². The number of para-hydroxylation sites is 1. The Bertz CT molecular complexity index is 1570. The number of carbonyl (C=O) groups excluding carboxylic acids is 2. The summed E-state index contributed by atoms with van der Waals surface area (Å²) in [5.74, 6) is -0.489. The van der Waals surface area contributed by atoms with Crippen LogP contribution in [-0.2, 0) is 4.79 Å². The first-order valence-electron chi connectivity index (χ1n) is 13.6. The van der Waals surface area contributed by atoms with Gasteiger partial charge in [-0.25, -0.2) is 0 Å². The third-order valence-corrected chi connectivity index (χ3v) is 7.46. The molecule has 6 N–H and O–H groups in total. The average molecular weight is 547 g/mol. The molecule has 10 nitrogen and oxygen atoms in total. The molecule has 3 heterocycles. The van der Waals surface area contributed by atoms with Gasteiger partial charge in [0.25, 0.3) is 11.5 Å². The number of hydrogen-bond donors (Lipinski definition) is 6. The number of aromatic amines is 2. The number of aromatic nitrogens is 2. The third-order valence-electron chi connectivity index (χ3n) is 7.46. The van der Waals surface area contributed by atoms with Gasteiger partial charge >= 0.3 is 0 Å². The number of fused-ring (bicyclic) bond motifs is 2. The lowest BCUT2D eigenvalue weighted by Crippen LogP contribution is -2.41. The molecule has 1 aliphatic rings. The van der Waals surface area contributed by atoms with Crippen LogP contribution in [0.25, 0.3) is 33.1 Å². The van der Waals surface area contributed by atoms with E-state index in [0.717, 1.165) is 21.8 Å². The molecule has 0 saturated carbocycles. The summed E-state index contributed by atoms with van der Waals surface area (Å²) in [7, 11) is 0. The maximum Gasteiger partial charge on any atom is 0.257 e. The van der Waals surface area contributed by atoms with Crippen LogP contribution in [0.3, 0.4) is 0 Å². The van der Waals surface area contributed by atoms with Gasteiger partial charge in [-0.2, -0.15) is 0 Å². The number of nitrogens with zero attached hydrogens (tertiary/aromatic N) is 1. The Hall–Kier alpha value is -3.99. The molecule has 10 heteroatoms. The molecule has 0 spiro atoms. The number of nitrogens with one attached hydrogen (secondary N) is 3. The zero-order valence-electron chi connectivity index (χ0n) is 22.1. The molecular weight excluding hydrogens is 512 g/mol. The number of amides is 2. The van der Waals surface area contributed by atoms with Crippen LogP contribution in [0.15, 0.2) is 59.4 Å². The second kappa shape index (κ2) is 12.0. The van der Waals surface area contributed by atoms with E-state index in [0.29, 0.717) is 42.8 Å². The standard InChI is InChI=1S/C30H34N4O6/c35-21-8-11-34(12-9-21)28(38)17-23(37)16-22(36)7-10-31-29(39)19-5-6-26-20(13-19)15-27(32-26)24-14-18-3-1-2-4-25(18)33-30(24)40/h1-6,13-15,21-23,32,35-37H,7-12,16-17H2,(H,31,39)(H,33,40)/t22-,23-/m1/s1. The van der Waals surface area contributed by atoms with E-state index in [1.165, 1.54) is 0 Å². The first kappa shape index (κ1) is 27.6. The van der Waals surface area contributed by atoms with Gasteiger partial charge in [0.05, 0.1) is 36.0 Å². The summed E-state index contributed by atoms with van der Waals surface area (Å²) in [6.07, 6.45) is -0.985. The predicted octanol–water partition coefficient (Wildman–Crippen LogP) is 2.28. The zero-order chi connectivity index (χ0) is 28.2. The Morgan fingerprint density at radius 2 is 1.70 bits per heavy atom. The smallest absolute Gasteiger partial charge is 0.257 e. The van der Waals surface area contributed by atoms with Crippen molar-refractivity contribution in [1.29, 1.82) is 0 Å². The molecule has 1 aliphatic heterocycles. The Morgan fingerprint density at radius 1 is 0.950 bits per heavy atom. The van der Waals surface area contributed by atoms with Crippen LogP contribution in [0.1, 0.15) is 42.5 Å². The number of aliphatic hydroxyl groups excluding tert-OH is 3. The van der Waals surface area contributed by atoms with Crippen LogP contribution in [0.5, 0.6) is 0 Å². The van der Waals surface area contributed by atoms with Crippen LogP contribution >= 0.6 is 0 Å². The van der Waals surface area contributed by atoms with Crippen LogP contribution in [0, 0.1) is 0 Å². The topological polar surface area (TPSA) is 159 Å².